The maximum Gasteiger partial charge on any atom is 0.255 e. The van der Waals surface area contributed by atoms with Crippen LogP contribution in [0.3, 0.4) is 0 Å². The number of hydrogen-bond donors (Lipinski definition) is 1. The van der Waals surface area contributed by atoms with Crippen molar-refractivity contribution in [3.8, 4) is 0 Å². The van der Waals surface area contributed by atoms with Crippen LogP contribution in [0.2, 0.25) is 0 Å². The van der Waals surface area contributed by atoms with E-state index in [1.54, 1.807) is 12.1 Å². The molecule has 0 radical (unpaired) electrons. The second-order valence-electron chi connectivity index (χ2n) is 6.02. The molecule has 2 amide bonds. The van der Waals surface area contributed by atoms with E-state index in [1.165, 1.54) is 23.6 Å². The third kappa shape index (κ3) is 3.14. The Kier molecular flexibility index (Phi) is 4.08. The van der Waals surface area contributed by atoms with Gasteiger partial charge in [0.2, 0.25) is 15.9 Å². The smallest absolute Gasteiger partial charge is 0.255 e. The van der Waals surface area contributed by atoms with Crippen molar-refractivity contribution in [1.82, 2.24) is 4.90 Å². The van der Waals surface area contributed by atoms with Crippen molar-refractivity contribution in [3.63, 3.8) is 0 Å². The lowest BCUT2D eigenvalue weighted by molar-refractivity contribution is -0.138. The predicted octanol–water partition coefficient (Wildman–Crippen LogP) is 1.08. The Morgan fingerprint density at radius 3 is 2.67 bits per heavy atom. The summed E-state index contributed by atoms with van der Waals surface area (Å²) >= 11 is 0. The summed E-state index contributed by atoms with van der Waals surface area (Å²) in [5.74, 6) is -0.617. The van der Waals surface area contributed by atoms with E-state index in [2.05, 4.69) is 5.32 Å². The van der Waals surface area contributed by atoms with Gasteiger partial charge in [0.05, 0.1) is 18.5 Å². The first-order valence-electron chi connectivity index (χ1n) is 7.66. The number of anilines is 2. The molecule has 2 aliphatic rings. The van der Waals surface area contributed by atoms with Gasteiger partial charge in [-0.25, -0.2) is 8.42 Å². The molecule has 0 atom stereocenters. The predicted molar refractivity (Wildman–Crippen MR) is 91.1 cm³/mol. The van der Waals surface area contributed by atoms with Gasteiger partial charge in [-0.1, -0.05) is 0 Å². The van der Waals surface area contributed by atoms with Crippen LogP contribution in [-0.4, -0.2) is 44.5 Å². The third-order valence-corrected chi connectivity index (χ3v) is 5.31. The standard InChI is InChI=1S/C16H19N3O4S/c1-11(20)18-10-14(9-16(18)21)17-13-5-6-15-12(8-13)4-3-7-19(15)24(2,22)23/h5-6,8-9,17H,3-4,7,10H2,1-2H3. The third-order valence-electron chi connectivity index (χ3n) is 4.13. The van der Waals surface area contributed by atoms with Crippen LogP contribution in [-0.2, 0) is 26.0 Å². The van der Waals surface area contributed by atoms with Crippen molar-refractivity contribution in [3.05, 3.63) is 35.5 Å². The van der Waals surface area contributed by atoms with Crippen LogP contribution >= 0.6 is 0 Å². The van der Waals surface area contributed by atoms with Gasteiger partial charge in [0, 0.05) is 30.9 Å². The first-order chi connectivity index (χ1) is 11.3. The first-order valence-corrected chi connectivity index (χ1v) is 9.51. The molecular formula is C16H19N3O4S. The summed E-state index contributed by atoms with van der Waals surface area (Å²) in [6.07, 6.45) is 4.18. The molecule has 0 spiro atoms. The number of aryl methyl sites for hydroxylation is 1. The fourth-order valence-electron chi connectivity index (χ4n) is 3.03. The molecule has 0 fully saturated rings. The molecule has 0 saturated heterocycles. The highest BCUT2D eigenvalue weighted by Gasteiger charge is 2.26. The van der Waals surface area contributed by atoms with Gasteiger partial charge < -0.3 is 5.32 Å². The topological polar surface area (TPSA) is 86.8 Å². The number of fused-ring (bicyclic) bond motifs is 1. The molecule has 1 aromatic carbocycles. The molecule has 1 N–H and O–H groups in total. The zero-order valence-electron chi connectivity index (χ0n) is 13.6. The molecule has 128 valence electrons. The van der Waals surface area contributed by atoms with Crippen molar-refractivity contribution < 1.29 is 18.0 Å². The number of rotatable bonds is 3. The summed E-state index contributed by atoms with van der Waals surface area (Å²) < 4.78 is 25.2. The molecule has 2 aliphatic heterocycles. The lowest BCUT2D eigenvalue weighted by Crippen LogP contribution is -2.34. The van der Waals surface area contributed by atoms with Gasteiger partial charge >= 0.3 is 0 Å². The molecule has 24 heavy (non-hydrogen) atoms. The number of carbonyl (C=O) groups excluding carboxylic acids is 2. The number of nitrogens with zero attached hydrogens (tertiary/aromatic N) is 2. The van der Waals surface area contributed by atoms with E-state index < -0.39 is 10.0 Å². The van der Waals surface area contributed by atoms with Gasteiger partial charge in [-0.2, -0.15) is 0 Å². The van der Waals surface area contributed by atoms with Crippen LogP contribution < -0.4 is 9.62 Å². The highest BCUT2D eigenvalue weighted by molar-refractivity contribution is 7.92. The lowest BCUT2D eigenvalue weighted by atomic mass is 10.0. The van der Waals surface area contributed by atoms with E-state index in [0.717, 1.165) is 29.0 Å². The van der Waals surface area contributed by atoms with Crippen LogP contribution in [0.15, 0.2) is 30.0 Å². The fraction of sp³-hybridized carbons (Fsp3) is 0.375. The number of benzene rings is 1. The monoisotopic (exact) mass is 349 g/mol. The average molecular weight is 349 g/mol. The maximum absolute atomic E-state index is 11.9. The summed E-state index contributed by atoms with van der Waals surface area (Å²) in [4.78, 5) is 24.2. The molecule has 0 aliphatic carbocycles. The summed E-state index contributed by atoms with van der Waals surface area (Å²) in [5.41, 5.74) is 3.07. The van der Waals surface area contributed by atoms with E-state index >= 15 is 0 Å². The molecule has 3 rings (SSSR count). The molecule has 1 aromatic rings. The summed E-state index contributed by atoms with van der Waals surface area (Å²) in [6, 6.07) is 5.45. The highest BCUT2D eigenvalue weighted by atomic mass is 32.2. The van der Waals surface area contributed by atoms with Crippen molar-refractivity contribution in [2.24, 2.45) is 0 Å². The molecule has 7 nitrogen and oxygen atoms in total. The van der Waals surface area contributed by atoms with Gasteiger partial charge in [-0.15, -0.1) is 0 Å². The SMILES string of the molecule is CC(=O)N1CC(Nc2ccc3c(c2)CCCN3S(C)(=O)=O)=CC1=O. The largest absolute Gasteiger partial charge is 0.357 e. The molecule has 0 unspecified atom stereocenters. The van der Waals surface area contributed by atoms with E-state index in [1.807, 2.05) is 6.07 Å². The Morgan fingerprint density at radius 1 is 1.29 bits per heavy atom. The van der Waals surface area contributed by atoms with E-state index in [0.29, 0.717) is 17.9 Å². The molecular weight excluding hydrogens is 330 g/mol. The zero-order chi connectivity index (χ0) is 17.5. The van der Waals surface area contributed by atoms with Crippen molar-refractivity contribution in [1.29, 1.82) is 0 Å². The van der Waals surface area contributed by atoms with Crippen molar-refractivity contribution in [2.75, 3.05) is 29.0 Å². The Hall–Kier alpha value is -2.35. The van der Waals surface area contributed by atoms with Gasteiger partial charge in [0.25, 0.3) is 5.91 Å². The number of sulfonamides is 1. The number of amides is 2. The van der Waals surface area contributed by atoms with Gasteiger partial charge in [0.15, 0.2) is 0 Å². The summed E-state index contributed by atoms with van der Waals surface area (Å²) in [7, 11) is -3.29. The lowest BCUT2D eigenvalue weighted by Gasteiger charge is -2.29. The quantitative estimate of drug-likeness (QED) is 0.882. The average Bonchev–Trinajstić information content (AvgIpc) is 2.86. The second-order valence-corrected chi connectivity index (χ2v) is 7.93. The van der Waals surface area contributed by atoms with Gasteiger partial charge in [-0.05, 0) is 36.6 Å². The van der Waals surface area contributed by atoms with Crippen molar-refractivity contribution in [2.45, 2.75) is 19.8 Å². The Labute approximate surface area is 141 Å². The minimum absolute atomic E-state index is 0.223. The fourth-order valence-corrected chi connectivity index (χ4v) is 4.03. The Bertz CT molecular complexity index is 845. The van der Waals surface area contributed by atoms with E-state index in [9.17, 15) is 18.0 Å². The minimum atomic E-state index is -3.29. The van der Waals surface area contributed by atoms with Crippen LogP contribution in [0.4, 0.5) is 11.4 Å². The number of carbonyl (C=O) groups is 2. The van der Waals surface area contributed by atoms with Crippen LogP contribution in [0.5, 0.6) is 0 Å². The minimum Gasteiger partial charge on any atom is -0.357 e. The molecule has 0 aromatic heterocycles. The zero-order valence-corrected chi connectivity index (χ0v) is 14.4. The molecule has 0 saturated carbocycles. The second kappa shape index (κ2) is 5.94. The van der Waals surface area contributed by atoms with Crippen LogP contribution in [0.25, 0.3) is 0 Å². The Balaban J connectivity index is 1.82. The molecule has 2 heterocycles. The van der Waals surface area contributed by atoms with Crippen LogP contribution in [0.1, 0.15) is 18.9 Å². The maximum atomic E-state index is 11.9. The van der Waals surface area contributed by atoms with Crippen LogP contribution in [0, 0.1) is 0 Å². The first kappa shape index (κ1) is 16.5. The summed E-state index contributed by atoms with van der Waals surface area (Å²) in [6.45, 7) is 2.07. The van der Waals surface area contributed by atoms with Gasteiger partial charge in [0.1, 0.15) is 0 Å². The normalized spacial score (nSPS) is 17.6. The Morgan fingerprint density at radius 2 is 2.04 bits per heavy atom. The number of nitrogens with one attached hydrogen (secondary N) is 1. The van der Waals surface area contributed by atoms with Crippen molar-refractivity contribution >= 4 is 33.2 Å². The highest BCUT2D eigenvalue weighted by Crippen LogP contribution is 2.31. The number of hydrogen-bond acceptors (Lipinski definition) is 5. The molecule has 8 heteroatoms. The summed E-state index contributed by atoms with van der Waals surface area (Å²) in [5, 5.41) is 3.14. The van der Waals surface area contributed by atoms with E-state index in [-0.39, 0.29) is 18.4 Å². The van der Waals surface area contributed by atoms with Gasteiger partial charge in [-0.3, -0.25) is 18.8 Å². The molecule has 0 bridgehead atoms. The van der Waals surface area contributed by atoms with E-state index in [4.69, 9.17) is 0 Å². The number of imide groups is 1.